The van der Waals surface area contributed by atoms with Gasteiger partial charge in [0.15, 0.2) is 6.61 Å². The molecular formula is C15H16ClNO3. The van der Waals surface area contributed by atoms with Crippen molar-refractivity contribution in [2.45, 2.75) is 6.42 Å². The molecule has 2 rings (SSSR count). The van der Waals surface area contributed by atoms with E-state index >= 15 is 0 Å². The van der Waals surface area contributed by atoms with Crippen molar-refractivity contribution in [3.05, 3.63) is 53.4 Å². The quantitative estimate of drug-likeness (QED) is 0.822. The molecule has 0 unspecified atom stereocenters. The van der Waals surface area contributed by atoms with Crippen molar-refractivity contribution in [1.29, 1.82) is 0 Å². The molecule has 1 aromatic carbocycles. The van der Waals surface area contributed by atoms with Crippen molar-refractivity contribution < 1.29 is 13.9 Å². The minimum absolute atomic E-state index is 0.0102. The van der Waals surface area contributed by atoms with Crippen LogP contribution in [0.15, 0.2) is 47.1 Å². The van der Waals surface area contributed by atoms with Crippen LogP contribution >= 0.6 is 11.6 Å². The first-order valence-corrected chi connectivity index (χ1v) is 6.67. The molecule has 0 atom stereocenters. The predicted octanol–water partition coefficient (Wildman–Crippen LogP) is 3.01. The molecular weight excluding hydrogens is 278 g/mol. The molecule has 0 saturated carbocycles. The Labute approximate surface area is 122 Å². The second-order valence-corrected chi connectivity index (χ2v) is 4.82. The Bertz CT molecular complexity index is 537. The summed E-state index contributed by atoms with van der Waals surface area (Å²) >= 11 is 5.78. The summed E-state index contributed by atoms with van der Waals surface area (Å²) < 4.78 is 10.6. The fourth-order valence-corrected chi connectivity index (χ4v) is 1.77. The number of hydrogen-bond donors (Lipinski definition) is 0. The Hall–Kier alpha value is -1.94. The number of benzene rings is 1. The molecule has 0 spiro atoms. The molecule has 0 aliphatic carbocycles. The third-order valence-corrected chi connectivity index (χ3v) is 3.13. The van der Waals surface area contributed by atoms with Gasteiger partial charge >= 0.3 is 0 Å². The average Bonchev–Trinajstić information content (AvgIpc) is 2.97. The molecule has 0 radical (unpaired) electrons. The number of ether oxygens (including phenoxy) is 1. The first-order valence-electron chi connectivity index (χ1n) is 6.30. The van der Waals surface area contributed by atoms with E-state index in [1.54, 1.807) is 42.5 Å². The number of furan rings is 1. The molecule has 0 bridgehead atoms. The molecule has 0 fully saturated rings. The predicted molar refractivity (Wildman–Crippen MR) is 77.0 cm³/mol. The van der Waals surface area contributed by atoms with E-state index in [1.807, 2.05) is 12.1 Å². The van der Waals surface area contributed by atoms with Crippen molar-refractivity contribution in [3.63, 3.8) is 0 Å². The van der Waals surface area contributed by atoms with E-state index in [0.29, 0.717) is 23.7 Å². The second kappa shape index (κ2) is 7.01. The monoisotopic (exact) mass is 293 g/mol. The molecule has 0 N–H and O–H groups in total. The summed E-state index contributed by atoms with van der Waals surface area (Å²) in [6.07, 6.45) is 2.32. The van der Waals surface area contributed by atoms with Gasteiger partial charge in [0.2, 0.25) is 0 Å². The van der Waals surface area contributed by atoms with Gasteiger partial charge in [0.05, 0.1) is 6.26 Å². The molecule has 5 heteroatoms. The lowest BCUT2D eigenvalue weighted by atomic mass is 10.3. The largest absolute Gasteiger partial charge is 0.484 e. The first-order chi connectivity index (χ1) is 9.65. The SMILES string of the molecule is CN(CCc1ccco1)C(=O)COc1ccc(Cl)cc1. The summed E-state index contributed by atoms with van der Waals surface area (Å²) in [6, 6.07) is 10.6. The van der Waals surface area contributed by atoms with Crippen LogP contribution < -0.4 is 4.74 Å². The Morgan fingerprint density at radius 2 is 2.05 bits per heavy atom. The van der Waals surface area contributed by atoms with Crippen LogP contribution in [-0.4, -0.2) is 31.0 Å². The standard InChI is InChI=1S/C15H16ClNO3/c1-17(9-8-13-3-2-10-19-13)15(18)11-20-14-6-4-12(16)5-7-14/h2-7,10H,8-9,11H2,1H3. The minimum Gasteiger partial charge on any atom is -0.484 e. The number of rotatable bonds is 6. The number of carbonyl (C=O) groups is 1. The topological polar surface area (TPSA) is 42.7 Å². The molecule has 2 aromatic rings. The van der Waals surface area contributed by atoms with Crippen LogP contribution in [0.3, 0.4) is 0 Å². The molecule has 106 valence electrons. The number of likely N-dealkylation sites (N-methyl/N-ethyl adjacent to an activating group) is 1. The smallest absolute Gasteiger partial charge is 0.260 e. The summed E-state index contributed by atoms with van der Waals surface area (Å²) in [5, 5.41) is 0.638. The summed E-state index contributed by atoms with van der Waals surface area (Å²) in [4.78, 5) is 13.5. The molecule has 0 aliphatic rings. The van der Waals surface area contributed by atoms with Gasteiger partial charge < -0.3 is 14.1 Å². The lowest BCUT2D eigenvalue weighted by Crippen LogP contribution is -2.33. The summed E-state index contributed by atoms with van der Waals surface area (Å²) in [6.45, 7) is 0.604. The average molecular weight is 294 g/mol. The molecule has 1 aromatic heterocycles. The number of nitrogens with zero attached hydrogens (tertiary/aromatic N) is 1. The summed E-state index contributed by atoms with van der Waals surface area (Å²) in [5.41, 5.74) is 0. The van der Waals surface area contributed by atoms with Crippen LogP contribution in [0.5, 0.6) is 5.75 Å². The zero-order valence-electron chi connectivity index (χ0n) is 11.2. The fraction of sp³-hybridized carbons (Fsp3) is 0.267. The van der Waals surface area contributed by atoms with Gasteiger partial charge in [0.1, 0.15) is 11.5 Å². The highest BCUT2D eigenvalue weighted by Crippen LogP contribution is 2.15. The van der Waals surface area contributed by atoms with Gasteiger partial charge in [-0.1, -0.05) is 11.6 Å². The number of carbonyl (C=O) groups excluding carboxylic acids is 1. The summed E-state index contributed by atoms with van der Waals surface area (Å²) in [5.74, 6) is 1.41. The Balaban J connectivity index is 1.74. The highest BCUT2D eigenvalue weighted by atomic mass is 35.5. The van der Waals surface area contributed by atoms with Crippen molar-refractivity contribution in [2.24, 2.45) is 0 Å². The summed E-state index contributed by atoms with van der Waals surface area (Å²) in [7, 11) is 1.75. The first kappa shape index (κ1) is 14.5. The lowest BCUT2D eigenvalue weighted by molar-refractivity contribution is -0.132. The van der Waals surface area contributed by atoms with Crippen molar-refractivity contribution in [1.82, 2.24) is 4.90 Å². The van der Waals surface area contributed by atoms with Gasteiger partial charge in [-0.15, -0.1) is 0 Å². The van der Waals surface area contributed by atoms with E-state index < -0.39 is 0 Å². The molecule has 1 amide bonds. The van der Waals surface area contributed by atoms with Crippen LogP contribution in [0, 0.1) is 0 Å². The van der Waals surface area contributed by atoms with Crippen LogP contribution in [0.1, 0.15) is 5.76 Å². The highest BCUT2D eigenvalue weighted by molar-refractivity contribution is 6.30. The maximum Gasteiger partial charge on any atom is 0.260 e. The Morgan fingerprint density at radius 1 is 1.30 bits per heavy atom. The maximum absolute atomic E-state index is 11.9. The highest BCUT2D eigenvalue weighted by Gasteiger charge is 2.10. The van der Waals surface area contributed by atoms with Gasteiger partial charge in [-0.3, -0.25) is 4.79 Å². The van der Waals surface area contributed by atoms with Gasteiger partial charge in [-0.25, -0.2) is 0 Å². The van der Waals surface area contributed by atoms with Crippen molar-refractivity contribution >= 4 is 17.5 Å². The van der Waals surface area contributed by atoms with Crippen LogP contribution in [0.4, 0.5) is 0 Å². The molecule has 4 nitrogen and oxygen atoms in total. The molecule has 0 aliphatic heterocycles. The van der Waals surface area contributed by atoms with Crippen LogP contribution in [0.2, 0.25) is 5.02 Å². The second-order valence-electron chi connectivity index (χ2n) is 4.39. The molecule has 20 heavy (non-hydrogen) atoms. The third-order valence-electron chi connectivity index (χ3n) is 2.88. The van der Waals surface area contributed by atoms with E-state index in [0.717, 1.165) is 5.76 Å². The third kappa shape index (κ3) is 4.31. The zero-order valence-corrected chi connectivity index (χ0v) is 12.0. The number of amides is 1. The fourth-order valence-electron chi connectivity index (χ4n) is 1.64. The maximum atomic E-state index is 11.9. The zero-order chi connectivity index (χ0) is 14.4. The Kier molecular flexibility index (Phi) is 5.07. The molecule has 0 saturated heterocycles. The van der Waals surface area contributed by atoms with E-state index in [-0.39, 0.29) is 12.5 Å². The van der Waals surface area contributed by atoms with Crippen LogP contribution in [-0.2, 0) is 11.2 Å². The number of halogens is 1. The van der Waals surface area contributed by atoms with Crippen molar-refractivity contribution in [2.75, 3.05) is 20.2 Å². The van der Waals surface area contributed by atoms with E-state index in [9.17, 15) is 4.79 Å². The van der Waals surface area contributed by atoms with Gasteiger partial charge in [-0.2, -0.15) is 0 Å². The normalized spacial score (nSPS) is 10.3. The van der Waals surface area contributed by atoms with E-state index in [2.05, 4.69) is 0 Å². The Morgan fingerprint density at radius 3 is 2.70 bits per heavy atom. The van der Waals surface area contributed by atoms with Crippen molar-refractivity contribution in [3.8, 4) is 5.75 Å². The van der Waals surface area contributed by atoms with Gasteiger partial charge in [-0.05, 0) is 36.4 Å². The van der Waals surface area contributed by atoms with E-state index in [1.165, 1.54) is 0 Å². The van der Waals surface area contributed by atoms with Gasteiger partial charge in [0.25, 0.3) is 5.91 Å². The lowest BCUT2D eigenvalue weighted by Gasteiger charge is -2.16. The van der Waals surface area contributed by atoms with E-state index in [4.69, 9.17) is 20.8 Å². The molecule has 1 heterocycles. The van der Waals surface area contributed by atoms with Crippen LogP contribution in [0.25, 0.3) is 0 Å². The minimum atomic E-state index is -0.0773. The van der Waals surface area contributed by atoms with Gasteiger partial charge in [0, 0.05) is 25.0 Å². The number of hydrogen-bond acceptors (Lipinski definition) is 3.